The average Bonchev–Trinajstić information content (AvgIpc) is 3.04. The van der Waals surface area contributed by atoms with Crippen molar-refractivity contribution in [1.29, 1.82) is 0 Å². The normalized spacial score (nSPS) is 16.9. The van der Waals surface area contributed by atoms with Crippen LogP contribution < -0.4 is 10.1 Å². The minimum Gasteiger partial charge on any atom is -0.492 e. The molecule has 0 saturated carbocycles. The van der Waals surface area contributed by atoms with Gasteiger partial charge >= 0.3 is 0 Å². The molecule has 0 unspecified atom stereocenters. The smallest absolute Gasteiger partial charge is 0.224 e. The summed E-state index contributed by atoms with van der Waals surface area (Å²) in [5, 5.41) is 11.4. The predicted molar refractivity (Wildman–Crippen MR) is 93.6 cm³/mol. The molecule has 0 aliphatic carbocycles. The lowest BCUT2D eigenvalue weighted by Crippen LogP contribution is -2.36. The molecule has 132 valence electrons. The molecule has 25 heavy (non-hydrogen) atoms. The predicted octanol–water partition coefficient (Wildman–Crippen LogP) is 1.62. The van der Waals surface area contributed by atoms with E-state index in [-0.39, 0.29) is 5.91 Å². The van der Waals surface area contributed by atoms with Gasteiger partial charge in [-0.3, -0.25) is 9.69 Å². The van der Waals surface area contributed by atoms with Gasteiger partial charge in [0.25, 0.3) is 0 Å². The van der Waals surface area contributed by atoms with Crippen molar-refractivity contribution >= 4 is 11.6 Å². The summed E-state index contributed by atoms with van der Waals surface area (Å²) in [6.45, 7) is 6.39. The summed E-state index contributed by atoms with van der Waals surface area (Å²) in [6.07, 6.45) is 2.25. The molecule has 0 bridgehead atoms. The molecule has 1 amide bonds. The number of hydrogen-bond donors (Lipinski definition) is 1. The van der Waals surface area contributed by atoms with Gasteiger partial charge in [0.05, 0.1) is 6.54 Å². The van der Waals surface area contributed by atoms with E-state index in [0.717, 1.165) is 67.7 Å². The number of benzene rings is 1. The van der Waals surface area contributed by atoms with Crippen LogP contribution in [-0.2, 0) is 30.7 Å². The molecule has 1 N–H and O–H groups in total. The maximum atomic E-state index is 11.4. The maximum Gasteiger partial charge on any atom is 0.224 e. The van der Waals surface area contributed by atoms with Crippen LogP contribution in [0.15, 0.2) is 18.2 Å². The Morgan fingerprint density at radius 2 is 2.16 bits per heavy atom. The van der Waals surface area contributed by atoms with Gasteiger partial charge in [0, 0.05) is 38.2 Å². The van der Waals surface area contributed by atoms with Crippen molar-refractivity contribution in [3.8, 4) is 5.75 Å². The Morgan fingerprint density at radius 1 is 1.24 bits per heavy atom. The average molecular weight is 341 g/mol. The van der Waals surface area contributed by atoms with E-state index >= 15 is 0 Å². The number of anilines is 1. The molecule has 2 aromatic rings. The SMILES string of the molecule is CCc1nnc2n1CCN(CCOc1ccc3c(c1)CCC(=O)N3)C2. The first-order valence-corrected chi connectivity index (χ1v) is 8.92. The van der Waals surface area contributed by atoms with Crippen LogP contribution in [0, 0.1) is 0 Å². The van der Waals surface area contributed by atoms with Crippen molar-refractivity contribution in [2.75, 3.05) is 25.0 Å². The van der Waals surface area contributed by atoms with E-state index < -0.39 is 0 Å². The second kappa shape index (κ2) is 6.84. The van der Waals surface area contributed by atoms with Crippen LogP contribution in [0.1, 0.15) is 30.6 Å². The van der Waals surface area contributed by atoms with Gasteiger partial charge in [-0.2, -0.15) is 0 Å². The summed E-state index contributed by atoms with van der Waals surface area (Å²) in [7, 11) is 0. The first-order chi connectivity index (χ1) is 12.2. The first kappa shape index (κ1) is 16.1. The number of carbonyl (C=O) groups excluding carboxylic acids is 1. The molecule has 0 atom stereocenters. The van der Waals surface area contributed by atoms with Gasteiger partial charge in [-0.15, -0.1) is 10.2 Å². The molecule has 7 nitrogen and oxygen atoms in total. The summed E-state index contributed by atoms with van der Waals surface area (Å²) in [5.74, 6) is 3.08. The molecule has 7 heteroatoms. The fourth-order valence-corrected chi connectivity index (χ4v) is 3.46. The van der Waals surface area contributed by atoms with Crippen molar-refractivity contribution in [2.45, 2.75) is 39.3 Å². The molecular weight excluding hydrogens is 318 g/mol. The van der Waals surface area contributed by atoms with E-state index in [9.17, 15) is 4.79 Å². The van der Waals surface area contributed by atoms with Crippen molar-refractivity contribution in [3.63, 3.8) is 0 Å². The third kappa shape index (κ3) is 3.37. The highest BCUT2D eigenvalue weighted by Gasteiger charge is 2.20. The van der Waals surface area contributed by atoms with Crippen molar-refractivity contribution in [1.82, 2.24) is 19.7 Å². The Kier molecular flexibility index (Phi) is 4.40. The summed E-state index contributed by atoms with van der Waals surface area (Å²) in [5.41, 5.74) is 2.06. The number of aryl methyl sites for hydroxylation is 2. The number of hydrogen-bond acceptors (Lipinski definition) is 5. The third-order valence-electron chi connectivity index (χ3n) is 4.87. The fourth-order valence-electron chi connectivity index (χ4n) is 3.46. The van der Waals surface area contributed by atoms with Crippen LogP contribution in [0.25, 0.3) is 0 Å². The molecule has 0 radical (unpaired) electrons. The number of rotatable bonds is 5. The van der Waals surface area contributed by atoms with E-state index in [1.807, 2.05) is 18.2 Å². The van der Waals surface area contributed by atoms with E-state index in [4.69, 9.17) is 4.74 Å². The number of nitrogens with one attached hydrogen (secondary N) is 1. The lowest BCUT2D eigenvalue weighted by atomic mass is 10.0. The monoisotopic (exact) mass is 341 g/mol. The highest BCUT2D eigenvalue weighted by molar-refractivity contribution is 5.93. The zero-order valence-electron chi connectivity index (χ0n) is 14.5. The second-order valence-electron chi connectivity index (χ2n) is 6.53. The summed E-state index contributed by atoms with van der Waals surface area (Å²) in [6, 6.07) is 5.89. The van der Waals surface area contributed by atoms with E-state index in [1.165, 1.54) is 0 Å². The molecule has 0 spiro atoms. The third-order valence-corrected chi connectivity index (χ3v) is 4.87. The van der Waals surface area contributed by atoms with Crippen LogP contribution in [0.4, 0.5) is 5.69 Å². The van der Waals surface area contributed by atoms with Crippen LogP contribution in [0.3, 0.4) is 0 Å². The number of nitrogens with zero attached hydrogens (tertiary/aromatic N) is 4. The zero-order valence-corrected chi connectivity index (χ0v) is 14.5. The van der Waals surface area contributed by atoms with Gasteiger partial charge in [0.15, 0.2) is 0 Å². The van der Waals surface area contributed by atoms with Crippen molar-refractivity contribution in [3.05, 3.63) is 35.4 Å². The van der Waals surface area contributed by atoms with Crippen LogP contribution in [0.2, 0.25) is 0 Å². The highest BCUT2D eigenvalue weighted by atomic mass is 16.5. The number of carbonyl (C=O) groups is 1. The first-order valence-electron chi connectivity index (χ1n) is 8.92. The molecule has 3 heterocycles. The van der Waals surface area contributed by atoms with E-state index in [1.54, 1.807) is 0 Å². The lowest BCUT2D eigenvalue weighted by molar-refractivity contribution is -0.116. The molecule has 2 aliphatic heterocycles. The van der Waals surface area contributed by atoms with Gasteiger partial charge in [-0.1, -0.05) is 6.92 Å². The van der Waals surface area contributed by atoms with Crippen LogP contribution >= 0.6 is 0 Å². The number of ether oxygens (including phenoxy) is 1. The minimum atomic E-state index is 0.0883. The number of fused-ring (bicyclic) bond motifs is 2. The Morgan fingerprint density at radius 3 is 3.04 bits per heavy atom. The van der Waals surface area contributed by atoms with E-state index in [0.29, 0.717) is 13.0 Å². The van der Waals surface area contributed by atoms with Crippen molar-refractivity contribution in [2.24, 2.45) is 0 Å². The van der Waals surface area contributed by atoms with Crippen molar-refractivity contribution < 1.29 is 9.53 Å². The van der Waals surface area contributed by atoms with Gasteiger partial charge in [0.2, 0.25) is 5.91 Å². The Hall–Kier alpha value is -2.41. The van der Waals surface area contributed by atoms with Crippen LogP contribution in [-0.4, -0.2) is 45.3 Å². The molecule has 1 aromatic heterocycles. The Labute approximate surface area is 147 Å². The maximum absolute atomic E-state index is 11.4. The summed E-state index contributed by atoms with van der Waals surface area (Å²) >= 11 is 0. The quantitative estimate of drug-likeness (QED) is 0.895. The van der Waals surface area contributed by atoms with Gasteiger partial charge in [-0.05, 0) is 30.2 Å². The Bertz CT molecular complexity index is 786. The number of aromatic nitrogens is 3. The zero-order chi connectivity index (χ0) is 17.2. The molecular formula is C18H23N5O2. The van der Waals surface area contributed by atoms with Gasteiger partial charge in [-0.25, -0.2) is 0 Å². The largest absolute Gasteiger partial charge is 0.492 e. The number of amides is 1. The molecule has 4 rings (SSSR count). The summed E-state index contributed by atoms with van der Waals surface area (Å²) < 4.78 is 8.15. The van der Waals surface area contributed by atoms with Gasteiger partial charge in [0.1, 0.15) is 24.0 Å². The standard InChI is InChI=1S/C18H23N5O2/c1-2-16-20-21-17-12-22(7-8-23(16)17)9-10-25-14-4-5-15-13(11-14)3-6-18(24)19-15/h4-5,11H,2-3,6-10,12H2,1H3,(H,19,24). The van der Waals surface area contributed by atoms with Gasteiger partial charge < -0.3 is 14.6 Å². The molecule has 1 aromatic carbocycles. The summed E-state index contributed by atoms with van der Waals surface area (Å²) in [4.78, 5) is 13.8. The second-order valence-corrected chi connectivity index (χ2v) is 6.53. The topological polar surface area (TPSA) is 72.3 Å². The Balaban J connectivity index is 1.30. The molecule has 0 fully saturated rings. The van der Waals surface area contributed by atoms with Crippen LogP contribution in [0.5, 0.6) is 5.75 Å². The minimum absolute atomic E-state index is 0.0883. The lowest BCUT2D eigenvalue weighted by Gasteiger charge is -2.27. The van der Waals surface area contributed by atoms with E-state index in [2.05, 4.69) is 31.9 Å². The fraction of sp³-hybridized carbons (Fsp3) is 0.500. The highest BCUT2D eigenvalue weighted by Crippen LogP contribution is 2.26. The molecule has 0 saturated heterocycles. The molecule has 2 aliphatic rings.